The van der Waals surface area contributed by atoms with Gasteiger partial charge in [0.2, 0.25) is 11.8 Å². The van der Waals surface area contributed by atoms with Crippen LogP contribution in [0.4, 0.5) is 0 Å². The Balaban J connectivity index is 2.92. The summed E-state index contributed by atoms with van der Waals surface area (Å²) in [5.74, 6) is -5.29. The highest BCUT2D eigenvalue weighted by atomic mass is 16.4. The van der Waals surface area contributed by atoms with Gasteiger partial charge in [0.1, 0.15) is 6.04 Å². The Labute approximate surface area is 270 Å². The number of nitrogens with one attached hydrogen (secondary N) is 3. The molecule has 17 nitrogen and oxygen atoms in total. The van der Waals surface area contributed by atoms with E-state index in [1.54, 1.807) is 19.6 Å². The van der Waals surface area contributed by atoms with Crippen LogP contribution in [-0.2, 0) is 28.8 Å². The molecule has 7 N–H and O–H groups in total. The second-order valence-corrected chi connectivity index (χ2v) is 11.8. The normalized spacial score (nSPS) is 17.0. The summed E-state index contributed by atoms with van der Waals surface area (Å²) < 4.78 is 0. The fourth-order valence-electron chi connectivity index (χ4n) is 4.92. The van der Waals surface area contributed by atoms with Crippen LogP contribution in [0, 0.1) is 0 Å². The first-order valence-electron chi connectivity index (χ1n) is 15.8. The van der Waals surface area contributed by atoms with Gasteiger partial charge < -0.3 is 36.4 Å². The van der Waals surface area contributed by atoms with Crippen molar-refractivity contribution < 1.29 is 49.2 Å². The third-order valence-corrected chi connectivity index (χ3v) is 7.38. The number of carbonyl (C=O) groups excluding carboxylic acids is 2. The van der Waals surface area contributed by atoms with Gasteiger partial charge in [-0.1, -0.05) is 20.3 Å². The van der Waals surface area contributed by atoms with Crippen molar-refractivity contribution >= 4 is 35.7 Å². The Hall–Kier alpha value is -3.38. The van der Waals surface area contributed by atoms with Crippen LogP contribution in [0.5, 0.6) is 0 Å². The minimum atomic E-state index is -1.10. The predicted octanol–water partition coefficient (Wildman–Crippen LogP) is -1.90. The molecule has 0 radical (unpaired) electrons. The summed E-state index contributed by atoms with van der Waals surface area (Å²) >= 11 is 0. The lowest BCUT2D eigenvalue weighted by Gasteiger charge is -2.33. The van der Waals surface area contributed by atoms with Crippen LogP contribution in [0.3, 0.4) is 0 Å². The molecule has 1 fully saturated rings. The van der Waals surface area contributed by atoms with Gasteiger partial charge in [0.15, 0.2) is 0 Å². The van der Waals surface area contributed by atoms with Crippen molar-refractivity contribution in [2.75, 3.05) is 91.6 Å². The fraction of sp³-hybridized carbons (Fsp3) is 0.793. The maximum Gasteiger partial charge on any atom is 0.317 e. The van der Waals surface area contributed by atoms with E-state index in [1.807, 2.05) is 0 Å². The van der Waals surface area contributed by atoms with Crippen LogP contribution in [0.1, 0.15) is 46.0 Å². The van der Waals surface area contributed by atoms with Crippen molar-refractivity contribution in [3.05, 3.63) is 0 Å². The number of carbonyl (C=O) groups is 6. The molecule has 0 spiro atoms. The Kier molecular flexibility index (Phi) is 20.3. The molecule has 0 aromatic carbocycles. The van der Waals surface area contributed by atoms with E-state index in [2.05, 4.69) is 29.8 Å². The largest absolute Gasteiger partial charge is 0.481 e. The zero-order chi connectivity index (χ0) is 34.5. The molecule has 264 valence electrons. The molecule has 1 rings (SSSR count). The average Bonchev–Trinajstić information content (AvgIpc) is 2.94. The number of hydrogen-bond acceptors (Lipinski definition) is 11. The summed E-state index contributed by atoms with van der Waals surface area (Å²) in [6.07, 6.45) is 2.13. The van der Waals surface area contributed by atoms with Gasteiger partial charge >= 0.3 is 23.9 Å². The van der Waals surface area contributed by atoms with Crippen molar-refractivity contribution in [2.45, 2.75) is 58.0 Å². The molecule has 0 aromatic rings. The van der Waals surface area contributed by atoms with Gasteiger partial charge in [0.05, 0.1) is 26.2 Å². The molecule has 0 bridgehead atoms. The number of unbranched alkanes of at least 4 members (excludes halogenated alkanes) is 2. The van der Waals surface area contributed by atoms with Crippen molar-refractivity contribution in [1.29, 1.82) is 0 Å². The summed E-state index contributed by atoms with van der Waals surface area (Å²) in [4.78, 5) is 78.3. The van der Waals surface area contributed by atoms with Crippen molar-refractivity contribution in [3.63, 3.8) is 0 Å². The monoisotopic (exact) mass is 659 g/mol. The first-order valence-corrected chi connectivity index (χ1v) is 15.8. The molecule has 1 heterocycles. The van der Waals surface area contributed by atoms with E-state index in [9.17, 15) is 49.2 Å². The van der Waals surface area contributed by atoms with Gasteiger partial charge in [0.25, 0.3) is 0 Å². The lowest BCUT2D eigenvalue weighted by Crippen LogP contribution is -2.52. The lowest BCUT2D eigenvalue weighted by atomic mass is 10.1. The van der Waals surface area contributed by atoms with Crippen molar-refractivity contribution in [1.82, 2.24) is 35.6 Å². The zero-order valence-electron chi connectivity index (χ0n) is 27.1. The second-order valence-electron chi connectivity index (χ2n) is 11.8. The SMILES string of the molecule is CC(C)NCCCCCNC(=O)C(CCC(=O)O)NC(=O)CN1CCN(CC(=O)O)CCN(CC(=O)O)CCN(CC(=O)O)CC1. The van der Waals surface area contributed by atoms with E-state index >= 15 is 0 Å². The predicted molar refractivity (Wildman–Crippen MR) is 167 cm³/mol. The summed E-state index contributed by atoms with van der Waals surface area (Å²) in [6.45, 7) is 6.22. The number of nitrogens with zero attached hydrogens (tertiary/aromatic N) is 4. The summed E-state index contributed by atoms with van der Waals surface area (Å²) in [5.41, 5.74) is 0. The molecule has 46 heavy (non-hydrogen) atoms. The lowest BCUT2D eigenvalue weighted by molar-refractivity contribution is -0.140. The van der Waals surface area contributed by atoms with Gasteiger partial charge in [-0.15, -0.1) is 0 Å². The van der Waals surface area contributed by atoms with Gasteiger partial charge in [-0.25, -0.2) is 0 Å². The first-order chi connectivity index (χ1) is 21.7. The van der Waals surface area contributed by atoms with Crippen molar-refractivity contribution in [3.8, 4) is 0 Å². The Morgan fingerprint density at radius 2 is 1.00 bits per heavy atom. The van der Waals surface area contributed by atoms with E-state index in [0.717, 1.165) is 25.8 Å². The number of carboxylic acids is 4. The summed E-state index contributed by atoms with van der Waals surface area (Å²) in [7, 11) is 0. The number of hydrogen-bond donors (Lipinski definition) is 7. The molecule has 0 aliphatic carbocycles. The molecule has 1 atom stereocenters. The van der Waals surface area contributed by atoms with Crippen LogP contribution in [-0.4, -0.2) is 179 Å². The quantitative estimate of drug-likeness (QED) is 0.0707. The fourth-order valence-corrected chi connectivity index (χ4v) is 4.92. The number of amides is 2. The topological polar surface area (TPSA) is 232 Å². The van der Waals surface area contributed by atoms with E-state index in [1.165, 1.54) is 0 Å². The van der Waals surface area contributed by atoms with E-state index in [-0.39, 0.29) is 91.4 Å². The van der Waals surface area contributed by atoms with Gasteiger partial charge in [0, 0.05) is 71.4 Å². The van der Waals surface area contributed by atoms with E-state index < -0.39 is 41.7 Å². The van der Waals surface area contributed by atoms with E-state index in [0.29, 0.717) is 12.6 Å². The highest BCUT2D eigenvalue weighted by Gasteiger charge is 2.24. The second kappa shape index (κ2) is 23.0. The smallest absolute Gasteiger partial charge is 0.317 e. The third-order valence-electron chi connectivity index (χ3n) is 7.38. The highest BCUT2D eigenvalue weighted by molar-refractivity contribution is 5.88. The molecule has 1 unspecified atom stereocenters. The Bertz CT molecular complexity index is 952. The van der Waals surface area contributed by atoms with Crippen LogP contribution < -0.4 is 16.0 Å². The first kappa shape index (κ1) is 40.6. The van der Waals surface area contributed by atoms with Crippen LogP contribution in [0.2, 0.25) is 0 Å². The molecule has 1 saturated heterocycles. The maximum atomic E-state index is 13.1. The minimum Gasteiger partial charge on any atom is -0.481 e. The third kappa shape index (κ3) is 20.6. The van der Waals surface area contributed by atoms with E-state index in [4.69, 9.17) is 0 Å². The molecule has 1 aliphatic rings. The highest BCUT2D eigenvalue weighted by Crippen LogP contribution is 2.04. The molecule has 2 amide bonds. The van der Waals surface area contributed by atoms with Gasteiger partial charge in [-0.05, 0) is 25.8 Å². The molecule has 1 aliphatic heterocycles. The molecular formula is C29H53N7O10. The van der Waals surface area contributed by atoms with Gasteiger partial charge in [-0.3, -0.25) is 48.4 Å². The maximum absolute atomic E-state index is 13.1. The molecule has 0 aromatic heterocycles. The summed E-state index contributed by atoms with van der Waals surface area (Å²) in [5, 5.41) is 46.0. The molecular weight excluding hydrogens is 606 g/mol. The number of rotatable bonds is 20. The van der Waals surface area contributed by atoms with Crippen molar-refractivity contribution in [2.24, 2.45) is 0 Å². The zero-order valence-corrected chi connectivity index (χ0v) is 27.1. The Morgan fingerprint density at radius 1 is 0.587 bits per heavy atom. The standard InChI is InChI=1S/C29H53N7O10/c1-22(2)30-8-4-3-5-9-31-29(46)23(6-7-25(38)39)32-24(37)18-33-10-12-34(19-26(40)41)14-16-36(21-28(44)45)17-15-35(13-11-33)20-27(42)43/h22-23,30H,3-21H2,1-2H3,(H,31,46)(H,32,37)(H,38,39)(H,40,41)(H,42,43)(H,44,45). The average molecular weight is 660 g/mol. The van der Waals surface area contributed by atoms with Crippen LogP contribution >= 0.6 is 0 Å². The minimum absolute atomic E-state index is 0.100. The van der Waals surface area contributed by atoms with Crippen LogP contribution in [0.15, 0.2) is 0 Å². The summed E-state index contributed by atoms with van der Waals surface area (Å²) in [6, 6.07) is -0.672. The number of aliphatic carboxylic acids is 4. The molecule has 17 heteroatoms. The van der Waals surface area contributed by atoms with Crippen LogP contribution in [0.25, 0.3) is 0 Å². The number of carboxylic acid groups (broad SMARTS) is 4. The Morgan fingerprint density at radius 3 is 1.39 bits per heavy atom. The van der Waals surface area contributed by atoms with Gasteiger partial charge in [-0.2, -0.15) is 0 Å². The molecule has 0 saturated carbocycles.